The minimum Gasteiger partial charge on any atom is -0.487 e. The quantitative estimate of drug-likeness (QED) is 0.105. The van der Waals surface area contributed by atoms with Crippen LogP contribution in [0.5, 0.6) is 5.75 Å². The Kier molecular flexibility index (Phi) is 7.08. The summed E-state index contributed by atoms with van der Waals surface area (Å²) in [5, 5.41) is 10.8. The van der Waals surface area contributed by atoms with E-state index in [2.05, 4.69) is 50.2 Å². The van der Waals surface area contributed by atoms with Crippen molar-refractivity contribution < 1.29 is 19.2 Å². The zero-order valence-electron chi connectivity index (χ0n) is 17.2. The van der Waals surface area contributed by atoms with Gasteiger partial charge in [-0.25, -0.2) is 9.79 Å². The molecule has 0 radical (unpaired) electrons. The van der Waals surface area contributed by atoms with Crippen molar-refractivity contribution in [1.82, 2.24) is 0 Å². The number of hydrogen-bond donors (Lipinski definition) is 0. The van der Waals surface area contributed by atoms with Crippen molar-refractivity contribution in [2.75, 3.05) is 0 Å². The number of aliphatic imine (C=N–C) groups is 1. The molecule has 33 heavy (non-hydrogen) atoms. The van der Waals surface area contributed by atoms with E-state index >= 15 is 0 Å². The molecule has 0 N–H and O–H groups in total. The van der Waals surface area contributed by atoms with E-state index in [1.54, 1.807) is 18.2 Å². The third-order valence-electron chi connectivity index (χ3n) is 4.77. The Morgan fingerprint density at radius 2 is 1.70 bits per heavy atom. The number of aryl methyl sites for hydroxylation is 1. The molecule has 0 unspecified atom stereocenters. The lowest BCUT2D eigenvalue weighted by molar-refractivity contribution is -0.384. The highest BCUT2D eigenvalue weighted by molar-refractivity contribution is 14.1. The summed E-state index contributed by atoms with van der Waals surface area (Å²) < 4.78 is 13.0. The number of carbonyl (C=O) groups is 1. The molecule has 0 saturated heterocycles. The SMILES string of the molecule is Cc1ccc(C2=N/C(=C\c3cc(I)c(OCc4ccc([N+](=O)[O-])cc4)c(I)c3)C(=O)O2)cc1. The molecule has 1 heterocycles. The number of nitrogens with zero attached hydrogens (tertiary/aromatic N) is 2. The summed E-state index contributed by atoms with van der Waals surface area (Å²) >= 11 is 4.35. The van der Waals surface area contributed by atoms with Gasteiger partial charge in [0, 0.05) is 17.7 Å². The Bertz CT molecular complexity index is 1280. The number of rotatable bonds is 6. The van der Waals surface area contributed by atoms with Gasteiger partial charge in [0.15, 0.2) is 5.70 Å². The van der Waals surface area contributed by atoms with Crippen LogP contribution in [0.2, 0.25) is 0 Å². The predicted molar refractivity (Wildman–Crippen MR) is 141 cm³/mol. The van der Waals surface area contributed by atoms with Crippen LogP contribution in [0.25, 0.3) is 6.08 Å². The Morgan fingerprint density at radius 3 is 2.30 bits per heavy atom. The zero-order valence-corrected chi connectivity index (χ0v) is 21.6. The van der Waals surface area contributed by atoms with Crippen LogP contribution in [0.15, 0.2) is 71.4 Å². The molecule has 0 aliphatic carbocycles. The van der Waals surface area contributed by atoms with Crippen LogP contribution in [-0.2, 0) is 16.1 Å². The minimum atomic E-state index is -0.492. The lowest BCUT2D eigenvalue weighted by Gasteiger charge is -2.11. The number of benzene rings is 3. The van der Waals surface area contributed by atoms with E-state index in [1.165, 1.54) is 12.1 Å². The van der Waals surface area contributed by atoms with Gasteiger partial charge in [-0.05, 0) is 106 Å². The Morgan fingerprint density at radius 1 is 1.06 bits per heavy atom. The lowest BCUT2D eigenvalue weighted by Crippen LogP contribution is -2.05. The van der Waals surface area contributed by atoms with Gasteiger partial charge < -0.3 is 9.47 Å². The number of halogens is 2. The average Bonchev–Trinajstić information content (AvgIpc) is 3.14. The van der Waals surface area contributed by atoms with Gasteiger partial charge >= 0.3 is 5.97 Å². The van der Waals surface area contributed by atoms with E-state index in [0.29, 0.717) is 11.6 Å². The number of nitro groups is 1. The molecule has 0 bridgehead atoms. The van der Waals surface area contributed by atoms with Crippen LogP contribution >= 0.6 is 45.2 Å². The van der Waals surface area contributed by atoms with Crippen molar-refractivity contribution in [3.63, 3.8) is 0 Å². The molecular weight excluding hydrogens is 650 g/mol. The molecule has 9 heteroatoms. The monoisotopic (exact) mass is 666 g/mol. The fraction of sp³-hybridized carbons (Fsp3) is 0.0833. The first-order valence-electron chi connectivity index (χ1n) is 9.75. The molecule has 7 nitrogen and oxygen atoms in total. The van der Waals surface area contributed by atoms with Gasteiger partial charge in [-0.3, -0.25) is 10.1 Å². The molecule has 0 amide bonds. The van der Waals surface area contributed by atoms with Crippen LogP contribution < -0.4 is 4.74 Å². The average molecular weight is 666 g/mol. The number of cyclic esters (lactones) is 1. The highest BCUT2D eigenvalue weighted by Crippen LogP contribution is 2.31. The second-order valence-electron chi connectivity index (χ2n) is 7.23. The summed E-state index contributed by atoms with van der Waals surface area (Å²) in [6.07, 6.45) is 1.69. The summed E-state index contributed by atoms with van der Waals surface area (Å²) in [6.45, 7) is 2.26. The number of hydrogen-bond acceptors (Lipinski definition) is 6. The van der Waals surface area contributed by atoms with E-state index < -0.39 is 10.9 Å². The number of non-ortho nitro benzene ring substituents is 1. The van der Waals surface area contributed by atoms with Gasteiger partial charge in [-0.2, -0.15) is 0 Å². The molecule has 0 fully saturated rings. The Labute approximate surface area is 217 Å². The van der Waals surface area contributed by atoms with E-state index in [9.17, 15) is 14.9 Å². The first-order valence-corrected chi connectivity index (χ1v) is 11.9. The molecule has 0 atom stereocenters. The molecule has 166 valence electrons. The van der Waals surface area contributed by atoms with Crippen molar-refractivity contribution in [3.8, 4) is 5.75 Å². The summed E-state index contributed by atoms with van der Waals surface area (Å²) in [5.41, 5.74) is 3.75. The topological polar surface area (TPSA) is 91.0 Å². The van der Waals surface area contributed by atoms with Crippen molar-refractivity contribution >= 4 is 68.8 Å². The third-order valence-corrected chi connectivity index (χ3v) is 6.38. The predicted octanol–water partition coefficient (Wildman–Crippen LogP) is 6.04. The van der Waals surface area contributed by atoms with E-state index in [-0.39, 0.29) is 18.0 Å². The second kappa shape index (κ2) is 10.00. The van der Waals surface area contributed by atoms with Crippen molar-refractivity contribution in [3.05, 3.63) is 106 Å². The maximum Gasteiger partial charge on any atom is 0.363 e. The number of ether oxygens (including phenoxy) is 2. The molecule has 3 aromatic rings. The summed E-state index contributed by atoms with van der Waals surface area (Å²) in [7, 11) is 0. The number of carbonyl (C=O) groups excluding carboxylic acids is 1. The normalized spacial score (nSPS) is 14.2. The van der Waals surface area contributed by atoms with Crippen molar-refractivity contribution in [2.24, 2.45) is 4.99 Å². The Hall–Kier alpha value is -2.80. The van der Waals surface area contributed by atoms with Gasteiger partial charge in [0.1, 0.15) is 12.4 Å². The van der Waals surface area contributed by atoms with Crippen molar-refractivity contribution in [1.29, 1.82) is 0 Å². The van der Waals surface area contributed by atoms with Gasteiger partial charge in [-0.15, -0.1) is 0 Å². The molecule has 0 saturated carbocycles. The number of nitro benzene ring substituents is 1. The molecule has 3 aromatic carbocycles. The molecule has 1 aliphatic heterocycles. The van der Waals surface area contributed by atoms with E-state index in [4.69, 9.17) is 9.47 Å². The highest BCUT2D eigenvalue weighted by Gasteiger charge is 2.24. The fourth-order valence-corrected chi connectivity index (χ4v) is 5.18. The Balaban J connectivity index is 1.51. The standard InChI is InChI=1S/C24H16I2N2O5/c1-14-2-6-17(7-3-14)23-27-21(24(29)33-23)12-16-10-19(25)22(20(26)11-16)32-13-15-4-8-18(9-5-15)28(30)31/h2-12H,13H2,1H3/b21-12-. The first-order chi connectivity index (χ1) is 15.8. The highest BCUT2D eigenvalue weighted by atomic mass is 127. The maximum atomic E-state index is 12.3. The van der Waals surface area contributed by atoms with E-state index in [1.807, 2.05) is 43.3 Å². The van der Waals surface area contributed by atoms with Gasteiger partial charge in [0.2, 0.25) is 5.90 Å². The lowest BCUT2D eigenvalue weighted by atomic mass is 10.1. The molecule has 0 aromatic heterocycles. The van der Waals surface area contributed by atoms with Crippen LogP contribution in [0.4, 0.5) is 5.69 Å². The first kappa shape index (κ1) is 23.4. The second-order valence-corrected chi connectivity index (χ2v) is 9.55. The van der Waals surface area contributed by atoms with Gasteiger partial charge in [0.05, 0.1) is 12.1 Å². The fourth-order valence-electron chi connectivity index (χ4n) is 3.06. The molecular formula is C24H16I2N2O5. The van der Waals surface area contributed by atoms with Crippen LogP contribution in [0.3, 0.4) is 0 Å². The summed E-state index contributed by atoms with van der Waals surface area (Å²) in [6, 6.07) is 17.7. The molecule has 4 rings (SSSR count). The van der Waals surface area contributed by atoms with Crippen molar-refractivity contribution in [2.45, 2.75) is 13.5 Å². The maximum absolute atomic E-state index is 12.3. The smallest absolute Gasteiger partial charge is 0.363 e. The molecule has 1 aliphatic rings. The minimum absolute atomic E-state index is 0.0407. The van der Waals surface area contributed by atoms with Gasteiger partial charge in [-0.1, -0.05) is 17.7 Å². The summed E-state index contributed by atoms with van der Waals surface area (Å²) in [4.78, 5) is 27.0. The van der Waals surface area contributed by atoms with Gasteiger partial charge in [0.25, 0.3) is 5.69 Å². The van der Waals surface area contributed by atoms with Crippen LogP contribution in [-0.4, -0.2) is 16.8 Å². The molecule has 0 spiro atoms. The van der Waals surface area contributed by atoms with Crippen LogP contribution in [0, 0.1) is 24.2 Å². The largest absolute Gasteiger partial charge is 0.487 e. The third kappa shape index (κ3) is 5.58. The van der Waals surface area contributed by atoms with Crippen LogP contribution in [0.1, 0.15) is 22.3 Å². The zero-order chi connectivity index (χ0) is 23.5. The summed E-state index contributed by atoms with van der Waals surface area (Å²) in [5.74, 6) is 0.502. The number of esters is 1. The van der Waals surface area contributed by atoms with E-state index in [0.717, 1.165) is 29.4 Å².